The highest BCUT2D eigenvalue weighted by Crippen LogP contribution is 2.21. The molecule has 0 atom stereocenters. The van der Waals surface area contributed by atoms with Crippen molar-refractivity contribution in [3.8, 4) is 0 Å². The number of nitrogens with two attached hydrogens (primary N) is 1. The molecule has 0 aliphatic carbocycles. The summed E-state index contributed by atoms with van der Waals surface area (Å²) in [5, 5.41) is 6.64. The van der Waals surface area contributed by atoms with Crippen LogP contribution in [0.5, 0.6) is 0 Å². The van der Waals surface area contributed by atoms with Crippen molar-refractivity contribution in [2.24, 2.45) is 0 Å². The van der Waals surface area contributed by atoms with Crippen molar-refractivity contribution >= 4 is 11.8 Å². The number of hydrogen-bond donors (Lipinski definition) is 3. The summed E-state index contributed by atoms with van der Waals surface area (Å²) in [6, 6.07) is 0. The van der Waals surface area contributed by atoms with Crippen LogP contribution >= 0.6 is 0 Å². The Morgan fingerprint density at radius 2 is 1.88 bits per heavy atom. The van der Waals surface area contributed by atoms with E-state index in [0.717, 1.165) is 62.9 Å². The molecule has 1 saturated heterocycles. The van der Waals surface area contributed by atoms with Gasteiger partial charge in [-0.1, -0.05) is 0 Å². The molecule has 3 heterocycles. The Hall–Kier alpha value is -1.40. The predicted octanol–water partition coefficient (Wildman–Crippen LogP) is -0.886. The molecule has 0 amide bonds. The summed E-state index contributed by atoms with van der Waals surface area (Å²) in [5.74, 6) is 1.44. The first-order valence-electron chi connectivity index (χ1n) is 6.16. The third-order valence-corrected chi connectivity index (χ3v) is 3.36. The van der Waals surface area contributed by atoms with Crippen molar-refractivity contribution in [2.75, 3.05) is 43.4 Å². The molecule has 2 aliphatic rings. The summed E-state index contributed by atoms with van der Waals surface area (Å²) < 4.78 is 0. The van der Waals surface area contributed by atoms with Crippen LogP contribution in [0.25, 0.3) is 0 Å². The van der Waals surface area contributed by atoms with Crippen molar-refractivity contribution in [2.45, 2.75) is 13.0 Å². The molecule has 0 spiro atoms. The van der Waals surface area contributed by atoms with Gasteiger partial charge in [-0.25, -0.2) is 4.98 Å². The number of aromatic nitrogens is 2. The summed E-state index contributed by atoms with van der Waals surface area (Å²) in [6.07, 6.45) is 0.934. The maximum atomic E-state index is 6.03. The number of anilines is 2. The molecule has 17 heavy (non-hydrogen) atoms. The molecule has 3 rings (SSSR count). The van der Waals surface area contributed by atoms with Crippen LogP contribution < -0.4 is 21.3 Å². The zero-order valence-corrected chi connectivity index (χ0v) is 9.87. The van der Waals surface area contributed by atoms with Crippen molar-refractivity contribution in [3.05, 3.63) is 11.3 Å². The number of nitrogens with one attached hydrogen (secondary N) is 2. The predicted molar refractivity (Wildman–Crippen MR) is 66.9 cm³/mol. The summed E-state index contributed by atoms with van der Waals surface area (Å²) in [4.78, 5) is 11.3. The zero-order chi connectivity index (χ0) is 11.7. The average molecular weight is 234 g/mol. The van der Waals surface area contributed by atoms with E-state index in [9.17, 15) is 0 Å². The van der Waals surface area contributed by atoms with Gasteiger partial charge in [0.05, 0.1) is 5.69 Å². The largest absolute Gasteiger partial charge is 0.383 e. The molecule has 2 aliphatic heterocycles. The molecular weight excluding hydrogens is 216 g/mol. The summed E-state index contributed by atoms with van der Waals surface area (Å²) in [6.45, 7) is 5.64. The first-order chi connectivity index (χ1) is 8.34. The van der Waals surface area contributed by atoms with Gasteiger partial charge < -0.3 is 21.3 Å². The molecule has 0 aromatic carbocycles. The van der Waals surface area contributed by atoms with Crippen molar-refractivity contribution in [1.29, 1.82) is 0 Å². The highest BCUT2D eigenvalue weighted by Gasteiger charge is 2.19. The maximum Gasteiger partial charge on any atom is 0.227 e. The quantitative estimate of drug-likeness (QED) is 0.585. The van der Waals surface area contributed by atoms with Gasteiger partial charge in [-0.3, -0.25) is 0 Å². The lowest BCUT2D eigenvalue weighted by Gasteiger charge is -2.29. The van der Waals surface area contributed by atoms with Gasteiger partial charge in [0, 0.05) is 38.3 Å². The second-order valence-electron chi connectivity index (χ2n) is 4.50. The van der Waals surface area contributed by atoms with E-state index in [1.54, 1.807) is 0 Å². The van der Waals surface area contributed by atoms with E-state index in [-0.39, 0.29) is 0 Å². The fourth-order valence-electron chi connectivity index (χ4n) is 2.38. The molecule has 0 saturated carbocycles. The second-order valence-corrected chi connectivity index (χ2v) is 4.50. The van der Waals surface area contributed by atoms with E-state index < -0.39 is 0 Å². The molecule has 92 valence electrons. The minimum Gasteiger partial charge on any atom is -0.383 e. The fraction of sp³-hybridized carbons (Fsp3) is 0.636. The Balaban J connectivity index is 1.92. The van der Waals surface area contributed by atoms with Crippen molar-refractivity contribution < 1.29 is 0 Å². The van der Waals surface area contributed by atoms with Gasteiger partial charge >= 0.3 is 0 Å². The minimum atomic E-state index is 0.657. The zero-order valence-electron chi connectivity index (χ0n) is 9.87. The monoisotopic (exact) mass is 234 g/mol. The maximum absolute atomic E-state index is 6.03. The van der Waals surface area contributed by atoms with E-state index >= 15 is 0 Å². The number of nitrogen functional groups attached to an aromatic ring is 1. The van der Waals surface area contributed by atoms with E-state index in [4.69, 9.17) is 5.73 Å². The average Bonchev–Trinajstić information content (AvgIpc) is 2.40. The minimum absolute atomic E-state index is 0.657. The van der Waals surface area contributed by atoms with E-state index in [1.807, 2.05) is 0 Å². The van der Waals surface area contributed by atoms with E-state index in [0.29, 0.717) is 5.82 Å². The Kier molecular flexibility index (Phi) is 2.82. The van der Waals surface area contributed by atoms with Gasteiger partial charge in [-0.05, 0) is 13.0 Å². The van der Waals surface area contributed by atoms with Gasteiger partial charge in [0.2, 0.25) is 5.95 Å². The number of nitrogens with zero attached hydrogens (tertiary/aromatic N) is 3. The van der Waals surface area contributed by atoms with E-state index in [2.05, 4.69) is 25.5 Å². The summed E-state index contributed by atoms with van der Waals surface area (Å²) >= 11 is 0. The van der Waals surface area contributed by atoms with Gasteiger partial charge in [0.1, 0.15) is 5.82 Å². The van der Waals surface area contributed by atoms with E-state index in [1.165, 1.54) is 0 Å². The van der Waals surface area contributed by atoms with Crippen LogP contribution in [0.4, 0.5) is 11.8 Å². The third-order valence-electron chi connectivity index (χ3n) is 3.36. The number of hydrogen-bond acceptors (Lipinski definition) is 6. The molecule has 1 fully saturated rings. The van der Waals surface area contributed by atoms with Gasteiger partial charge in [0.15, 0.2) is 0 Å². The lowest BCUT2D eigenvalue weighted by molar-refractivity contribution is 0.573. The second kappa shape index (κ2) is 4.46. The molecule has 1 aromatic rings. The van der Waals surface area contributed by atoms with Crippen LogP contribution in [0.1, 0.15) is 11.3 Å². The SMILES string of the molecule is Nc1nc(N2CCNCC2)nc2c1CCNC2. The summed E-state index contributed by atoms with van der Waals surface area (Å²) in [5.41, 5.74) is 8.22. The number of rotatable bonds is 1. The van der Waals surface area contributed by atoms with Crippen LogP contribution in [0.15, 0.2) is 0 Å². The molecular formula is C11H18N6. The molecule has 4 N–H and O–H groups in total. The van der Waals surface area contributed by atoms with Crippen LogP contribution in [0.2, 0.25) is 0 Å². The first-order valence-corrected chi connectivity index (χ1v) is 6.16. The summed E-state index contributed by atoms with van der Waals surface area (Å²) in [7, 11) is 0. The standard InChI is InChI=1S/C11H18N6/c12-10-8-1-2-14-7-9(8)15-11(16-10)17-5-3-13-4-6-17/h13-14H,1-7H2,(H2,12,15,16). The Morgan fingerprint density at radius 3 is 2.71 bits per heavy atom. The van der Waals surface area contributed by atoms with Crippen LogP contribution in [0, 0.1) is 0 Å². The van der Waals surface area contributed by atoms with Gasteiger partial charge in [-0.2, -0.15) is 4.98 Å². The van der Waals surface area contributed by atoms with Crippen LogP contribution in [0.3, 0.4) is 0 Å². The molecule has 0 bridgehead atoms. The Morgan fingerprint density at radius 1 is 1.06 bits per heavy atom. The van der Waals surface area contributed by atoms with Gasteiger partial charge in [-0.15, -0.1) is 0 Å². The molecule has 1 aromatic heterocycles. The fourth-order valence-corrected chi connectivity index (χ4v) is 2.38. The molecule has 0 unspecified atom stereocenters. The molecule has 6 nitrogen and oxygen atoms in total. The highest BCUT2D eigenvalue weighted by atomic mass is 15.3. The lowest BCUT2D eigenvalue weighted by Crippen LogP contribution is -2.44. The number of piperazine rings is 1. The molecule has 0 radical (unpaired) electrons. The van der Waals surface area contributed by atoms with Crippen LogP contribution in [-0.4, -0.2) is 42.7 Å². The Bertz CT molecular complexity index is 413. The Labute approximate surface area is 101 Å². The first kappa shape index (κ1) is 10.7. The normalized spacial score (nSPS) is 20.1. The van der Waals surface area contributed by atoms with Gasteiger partial charge in [0.25, 0.3) is 0 Å². The third kappa shape index (κ3) is 2.05. The lowest BCUT2D eigenvalue weighted by atomic mass is 10.1. The number of fused-ring (bicyclic) bond motifs is 1. The van der Waals surface area contributed by atoms with Crippen LogP contribution in [-0.2, 0) is 13.0 Å². The smallest absolute Gasteiger partial charge is 0.227 e. The van der Waals surface area contributed by atoms with Crippen molar-refractivity contribution in [3.63, 3.8) is 0 Å². The highest BCUT2D eigenvalue weighted by molar-refractivity contribution is 5.49. The molecule has 6 heteroatoms. The topological polar surface area (TPSA) is 79.1 Å². The van der Waals surface area contributed by atoms with Crippen molar-refractivity contribution in [1.82, 2.24) is 20.6 Å².